The molecule has 0 fully saturated rings. The van der Waals surface area contributed by atoms with E-state index < -0.39 is 0 Å². The highest BCUT2D eigenvalue weighted by atomic mass is 19.1. The Morgan fingerprint density at radius 3 is 2.71 bits per heavy atom. The van der Waals surface area contributed by atoms with Crippen molar-refractivity contribution in [1.82, 2.24) is 14.9 Å². The highest BCUT2D eigenvalue weighted by molar-refractivity contribution is 6.07. The lowest BCUT2D eigenvalue weighted by Gasteiger charge is -2.11. The standard InChI is InChI=1S/C23H20FN3O2.C2H6/c24-18-5-1-3-16(11-18)14-27-15-25-13-19(27)9-10-26-23(29)21-6-2-4-17-7-8-20(28)12-22(17)21;1-2/h1-8,11-13,15,28H,9-10,14H2,(H,26,29);1-2H3. The second-order valence-electron chi connectivity index (χ2n) is 6.86. The Bertz CT molecular complexity index is 1170. The number of hydrogen-bond donors (Lipinski definition) is 2. The summed E-state index contributed by atoms with van der Waals surface area (Å²) in [7, 11) is 0. The average molecular weight is 420 g/mol. The van der Waals surface area contributed by atoms with E-state index in [1.54, 1.807) is 42.9 Å². The van der Waals surface area contributed by atoms with E-state index in [-0.39, 0.29) is 17.5 Å². The Morgan fingerprint density at radius 2 is 1.90 bits per heavy atom. The fourth-order valence-corrected chi connectivity index (χ4v) is 3.39. The number of hydrogen-bond acceptors (Lipinski definition) is 3. The molecule has 0 aliphatic heterocycles. The van der Waals surface area contributed by atoms with Crippen LogP contribution in [0.4, 0.5) is 4.39 Å². The van der Waals surface area contributed by atoms with E-state index >= 15 is 0 Å². The number of benzene rings is 3. The molecule has 0 saturated carbocycles. The number of rotatable bonds is 6. The maximum Gasteiger partial charge on any atom is 0.251 e. The van der Waals surface area contributed by atoms with Crippen molar-refractivity contribution in [3.63, 3.8) is 0 Å². The molecule has 0 aliphatic rings. The Labute approximate surface area is 181 Å². The minimum Gasteiger partial charge on any atom is -0.508 e. The third-order valence-electron chi connectivity index (χ3n) is 4.82. The number of nitrogens with one attached hydrogen (secondary N) is 1. The first-order chi connectivity index (χ1) is 15.1. The molecule has 31 heavy (non-hydrogen) atoms. The van der Waals surface area contributed by atoms with E-state index in [0.717, 1.165) is 16.6 Å². The Hall–Kier alpha value is -3.67. The van der Waals surface area contributed by atoms with Gasteiger partial charge in [-0.15, -0.1) is 0 Å². The summed E-state index contributed by atoms with van der Waals surface area (Å²) in [4.78, 5) is 16.8. The number of carbonyl (C=O) groups is 1. The molecule has 1 heterocycles. The summed E-state index contributed by atoms with van der Waals surface area (Å²) in [6.45, 7) is 4.95. The largest absolute Gasteiger partial charge is 0.508 e. The molecule has 0 atom stereocenters. The number of fused-ring (bicyclic) bond motifs is 1. The van der Waals surface area contributed by atoms with Crippen molar-refractivity contribution in [3.05, 3.63) is 95.8 Å². The van der Waals surface area contributed by atoms with Crippen molar-refractivity contribution < 1.29 is 14.3 Å². The predicted octanol–water partition coefficient (Wildman–Crippen LogP) is 4.93. The SMILES string of the molecule is CC.O=C(NCCc1cncn1Cc1cccc(F)c1)c1cccc2ccc(O)cc12. The summed E-state index contributed by atoms with van der Waals surface area (Å²) in [6, 6.07) is 16.9. The highest BCUT2D eigenvalue weighted by Gasteiger charge is 2.11. The van der Waals surface area contributed by atoms with Crippen LogP contribution in [0.3, 0.4) is 0 Å². The molecule has 0 saturated heterocycles. The van der Waals surface area contributed by atoms with Gasteiger partial charge in [0, 0.05) is 37.0 Å². The van der Waals surface area contributed by atoms with Crippen LogP contribution in [0, 0.1) is 5.82 Å². The van der Waals surface area contributed by atoms with Gasteiger partial charge in [0.2, 0.25) is 0 Å². The van der Waals surface area contributed by atoms with Crippen LogP contribution in [0.5, 0.6) is 5.75 Å². The molecule has 5 nitrogen and oxygen atoms in total. The van der Waals surface area contributed by atoms with Gasteiger partial charge in [-0.2, -0.15) is 0 Å². The topological polar surface area (TPSA) is 67.2 Å². The number of carbonyl (C=O) groups excluding carboxylic acids is 1. The van der Waals surface area contributed by atoms with Crippen LogP contribution in [-0.4, -0.2) is 27.1 Å². The number of amides is 1. The number of aromatic nitrogens is 2. The van der Waals surface area contributed by atoms with Crippen LogP contribution in [0.1, 0.15) is 35.5 Å². The molecule has 0 spiro atoms. The van der Waals surface area contributed by atoms with E-state index in [2.05, 4.69) is 10.3 Å². The second-order valence-corrected chi connectivity index (χ2v) is 6.86. The van der Waals surface area contributed by atoms with E-state index in [0.29, 0.717) is 30.5 Å². The normalized spacial score (nSPS) is 10.4. The fraction of sp³-hybridized carbons (Fsp3) is 0.200. The van der Waals surface area contributed by atoms with E-state index in [1.807, 2.05) is 36.6 Å². The lowest BCUT2D eigenvalue weighted by molar-refractivity contribution is 0.0955. The Balaban J connectivity index is 0.00000132. The zero-order valence-electron chi connectivity index (χ0n) is 17.7. The van der Waals surface area contributed by atoms with Crippen LogP contribution in [0.15, 0.2) is 73.2 Å². The van der Waals surface area contributed by atoms with Gasteiger partial charge >= 0.3 is 0 Å². The van der Waals surface area contributed by atoms with Crippen LogP contribution in [0.2, 0.25) is 0 Å². The highest BCUT2D eigenvalue weighted by Crippen LogP contribution is 2.23. The molecule has 0 bridgehead atoms. The molecule has 1 aromatic heterocycles. The molecule has 0 radical (unpaired) electrons. The van der Waals surface area contributed by atoms with E-state index in [9.17, 15) is 14.3 Å². The molecule has 4 rings (SSSR count). The second kappa shape index (κ2) is 10.4. The molecule has 160 valence electrons. The molecule has 1 amide bonds. The van der Waals surface area contributed by atoms with Crippen molar-refractivity contribution >= 4 is 16.7 Å². The zero-order chi connectivity index (χ0) is 22.2. The summed E-state index contributed by atoms with van der Waals surface area (Å²) < 4.78 is 15.3. The van der Waals surface area contributed by atoms with Gasteiger partial charge < -0.3 is 15.0 Å². The van der Waals surface area contributed by atoms with Crippen molar-refractivity contribution in [2.45, 2.75) is 26.8 Å². The zero-order valence-corrected chi connectivity index (χ0v) is 17.7. The van der Waals surface area contributed by atoms with Gasteiger partial charge in [0.05, 0.1) is 6.33 Å². The maximum atomic E-state index is 13.4. The monoisotopic (exact) mass is 419 g/mol. The number of halogens is 1. The number of aromatic hydroxyl groups is 1. The molecule has 0 unspecified atom stereocenters. The Kier molecular flexibility index (Phi) is 7.38. The molecular formula is C25H26FN3O2. The lowest BCUT2D eigenvalue weighted by atomic mass is 10.0. The van der Waals surface area contributed by atoms with E-state index in [4.69, 9.17) is 0 Å². The Morgan fingerprint density at radius 1 is 1.10 bits per heavy atom. The third kappa shape index (κ3) is 5.48. The van der Waals surface area contributed by atoms with Crippen molar-refractivity contribution in [2.24, 2.45) is 0 Å². The average Bonchev–Trinajstić information content (AvgIpc) is 3.21. The van der Waals surface area contributed by atoms with Gasteiger partial charge in [0.25, 0.3) is 5.91 Å². The summed E-state index contributed by atoms with van der Waals surface area (Å²) >= 11 is 0. The number of phenolic OH excluding ortho intramolecular Hbond substituents is 1. The van der Waals surface area contributed by atoms with Crippen molar-refractivity contribution in [3.8, 4) is 5.75 Å². The minimum absolute atomic E-state index is 0.124. The van der Waals surface area contributed by atoms with Crippen molar-refractivity contribution in [1.29, 1.82) is 0 Å². The smallest absolute Gasteiger partial charge is 0.251 e. The van der Waals surface area contributed by atoms with Crippen molar-refractivity contribution in [2.75, 3.05) is 6.54 Å². The lowest BCUT2D eigenvalue weighted by Crippen LogP contribution is -2.26. The van der Waals surface area contributed by atoms with Gasteiger partial charge in [-0.1, -0.05) is 44.2 Å². The van der Waals surface area contributed by atoms with E-state index in [1.165, 1.54) is 12.1 Å². The molecular weight excluding hydrogens is 393 g/mol. The first-order valence-corrected chi connectivity index (χ1v) is 10.3. The van der Waals surface area contributed by atoms with Crippen LogP contribution >= 0.6 is 0 Å². The minimum atomic E-state index is -0.266. The molecule has 0 aliphatic carbocycles. The first kappa shape index (κ1) is 22.0. The summed E-state index contributed by atoms with van der Waals surface area (Å²) in [5, 5.41) is 14.3. The first-order valence-electron chi connectivity index (χ1n) is 10.3. The summed E-state index contributed by atoms with van der Waals surface area (Å²) in [6.07, 6.45) is 4.05. The quantitative estimate of drug-likeness (QED) is 0.466. The fourth-order valence-electron chi connectivity index (χ4n) is 3.39. The number of nitrogens with zero attached hydrogens (tertiary/aromatic N) is 2. The molecule has 6 heteroatoms. The van der Waals surface area contributed by atoms with Gasteiger partial charge in [0.1, 0.15) is 11.6 Å². The third-order valence-corrected chi connectivity index (χ3v) is 4.82. The number of imidazole rings is 1. The van der Waals surface area contributed by atoms with Gasteiger partial charge in [0.15, 0.2) is 0 Å². The molecule has 4 aromatic rings. The number of phenols is 1. The maximum absolute atomic E-state index is 13.4. The molecule has 3 aromatic carbocycles. The predicted molar refractivity (Wildman–Crippen MR) is 121 cm³/mol. The van der Waals surface area contributed by atoms with Gasteiger partial charge in [-0.25, -0.2) is 9.37 Å². The molecule has 2 N–H and O–H groups in total. The van der Waals surface area contributed by atoms with Crippen LogP contribution in [0.25, 0.3) is 10.8 Å². The van der Waals surface area contributed by atoms with Gasteiger partial charge in [-0.05, 0) is 46.7 Å². The van der Waals surface area contributed by atoms with Crippen LogP contribution in [-0.2, 0) is 13.0 Å². The summed E-state index contributed by atoms with van der Waals surface area (Å²) in [5.74, 6) is -0.339. The summed E-state index contributed by atoms with van der Waals surface area (Å²) in [5.41, 5.74) is 2.32. The van der Waals surface area contributed by atoms with Gasteiger partial charge in [-0.3, -0.25) is 4.79 Å². The van der Waals surface area contributed by atoms with Crippen LogP contribution < -0.4 is 5.32 Å².